The Balaban J connectivity index is 1.47. The Morgan fingerprint density at radius 3 is 2.39 bits per heavy atom. The summed E-state index contributed by atoms with van der Waals surface area (Å²) in [5.74, 6) is -0.816. The van der Waals surface area contributed by atoms with E-state index in [4.69, 9.17) is 4.74 Å². The fourth-order valence-corrected chi connectivity index (χ4v) is 6.96. The third-order valence-corrected chi connectivity index (χ3v) is 9.08. The van der Waals surface area contributed by atoms with Gasteiger partial charge >= 0.3 is 0 Å². The Labute approximate surface area is 220 Å². The molecule has 2 amide bonds. The fraction of sp³-hybridized carbons (Fsp3) is 0.370. The van der Waals surface area contributed by atoms with Crippen molar-refractivity contribution in [3.63, 3.8) is 0 Å². The standard InChI is InChI=1S/C27H28N4O6S/c32-20-8-10-29(11-9-20)26(33)18-4-3-5-19(16-18)31-25-21-6-1-2-7-23(21)38(35,36)17-22(25)24(28-31)27(34)30-12-14-37-15-13-30/h1-7,16,20,32H,8-15,17H2. The molecule has 10 nitrogen and oxygen atoms in total. The molecule has 3 aromatic rings. The van der Waals surface area contributed by atoms with Crippen LogP contribution in [0.25, 0.3) is 16.9 Å². The van der Waals surface area contributed by atoms with Gasteiger partial charge in [-0.25, -0.2) is 13.1 Å². The molecule has 38 heavy (non-hydrogen) atoms. The number of sulfone groups is 1. The van der Waals surface area contributed by atoms with Crippen LogP contribution in [0.4, 0.5) is 0 Å². The number of morpholine rings is 1. The van der Waals surface area contributed by atoms with E-state index in [-0.39, 0.29) is 34.3 Å². The molecular formula is C27H28N4O6S. The second kappa shape index (κ2) is 9.64. The van der Waals surface area contributed by atoms with E-state index in [1.165, 1.54) is 0 Å². The van der Waals surface area contributed by atoms with E-state index >= 15 is 0 Å². The second-order valence-electron chi connectivity index (χ2n) is 9.82. The molecule has 11 heteroatoms. The summed E-state index contributed by atoms with van der Waals surface area (Å²) in [6.45, 7) is 2.58. The molecule has 2 fully saturated rings. The lowest BCUT2D eigenvalue weighted by molar-refractivity contribution is 0.0298. The lowest BCUT2D eigenvalue weighted by atomic mass is 10.0. The third kappa shape index (κ3) is 4.30. The molecule has 0 aliphatic carbocycles. The van der Waals surface area contributed by atoms with Crippen LogP contribution in [-0.4, -0.2) is 90.4 Å². The second-order valence-corrected chi connectivity index (χ2v) is 11.8. The molecule has 3 aliphatic rings. The van der Waals surface area contributed by atoms with Gasteiger partial charge in [0.1, 0.15) is 0 Å². The van der Waals surface area contributed by atoms with Crippen molar-refractivity contribution in [3.05, 3.63) is 65.4 Å². The Kier molecular flexibility index (Phi) is 6.29. The fourth-order valence-electron chi connectivity index (χ4n) is 5.36. The largest absolute Gasteiger partial charge is 0.393 e. The number of hydrogen-bond donors (Lipinski definition) is 1. The first kappa shape index (κ1) is 24.8. The Morgan fingerprint density at radius 2 is 1.63 bits per heavy atom. The molecule has 1 N–H and O–H groups in total. The predicted molar refractivity (Wildman–Crippen MR) is 138 cm³/mol. The molecule has 0 radical (unpaired) electrons. The number of aliphatic hydroxyl groups is 1. The monoisotopic (exact) mass is 536 g/mol. The van der Waals surface area contributed by atoms with Gasteiger partial charge in [0.25, 0.3) is 11.8 Å². The molecule has 2 saturated heterocycles. The number of nitrogens with zero attached hydrogens (tertiary/aromatic N) is 4. The highest BCUT2D eigenvalue weighted by Crippen LogP contribution is 2.41. The SMILES string of the molecule is O=C(c1cccc(-n2nc(C(=O)N3CCOCC3)c3c2-c2ccccc2S(=O)(=O)C3)c1)N1CCC(O)CC1. The Morgan fingerprint density at radius 1 is 0.921 bits per heavy atom. The average Bonchev–Trinajstić information content (AvgIpc) is 3.32. The van der Waals surface area contributed by atoms with Crippen LogP contribution in [0.2, 0.25) is 0 Å². The van der Waals surface area contributed by atoms with Gasteiger partial charge in [-0.3, -0.25) is 9.59 Å². The first-order valence-electron chi connectivity index (χ1n) is 12.7. The number of piperidine rings is 1. The highest BCUT2D eigenvalue weighted by Gasteiger charge is 2.37. The van der Waals surface area contributed by atoms with Gasteiger partial charge in [-0.15, -0.1) is 0 Å². The maximum atomic E-state index is 13.6. The van der Waals surface area contributed by atoms with Crippen LogP contribution in [0, 0.1) is 0 Å². The van der Waals surface area contributed by atoms with Crippen LogP contribution in [-0.2, 0) is 20.3 Å². The number of aromatic nitrogens is 2. The van der Waals surface area contributed by atoms with E-state index in [1.807, 2.05) is 0 Å². The van der Waals surface area contributed by atoms with E-state index < -0.39 is 9.84 Å². The van der Waals surface area contributed by atoms with Crippen LogP contribution >= 0.6 is 0 Å². The average molecular weight is 537 g/mol. The topological polar surface area (TPSA) is 122 Å². The number of amides is 2. The van der Waals surface area contributed by atoms with Crippen LogP contribution in [0.15, 0.2) is 53.4 Å². The first-order chi connectivity index (χ1) is 18.3. The van der Waals surface area contributed by atoms with Crippen molar-refractivity contribution in [2.75, 3.05) is 39.4 Å². The van der Waals surface area contributed by atoms with Crippen LogP contribution in [0.3, 0.4) is 0 Å². The molecule has 0 atom stereocenters. The minimum absolute atomic E-state index is 0.0988. The zero-order valence-corrected chi connectivity index (χ0v) is 21.6. The van der Waals surface area contributed by atoms with Gasteiger partial charge in [-0.1, -0.05) is 24.3 Å². The van der Waals surface area contributed by atoms with Crippen molar-refractivity contribution in [3.8, 4) is 16.9 Å². The molecular weight excluding hydrogens is 508 g/mol. The number of benzene rings is 2. The van der Waals surface area contributed by atoms with E-state index in [1.54, 1.807) is 63.0 Å². The number of hydrogen-bond acceptors (Lipinski definition) is 7. The van der Waals surface area contributed by atoms with Crippen molar-refractivity contribution in [1.82, 2.24) is 19.6 Å². The maximum Gasteiger partial charge on any atom is 0.274 e. The minimum atomic E-state index is -3.68. The van der Waals surface area contributed by atoms with Crippen molar-refractivity contribution in [2.45, 2.75) is 29.6 Å². The van der Waals surface area contributed by atoms with Gasteiger partial charge in [0.15, 0.2) is 15.5 Å². The van der Waals surface area contributed by atoms with Gasteiger partial charge in [-0.2, -0.15) is 5.10 Å². The van der Waals surface area contributed by atoms with Crippen LogP contribution in [0.5, 0.6) is 0 Å². The number of fused-ring (bicyclic) bond motifs is 3. The number of carbonyl (C=O) groups excluding carboxylic acids is 2. The van der Waals surface area contributed by atoms with Gasteiger partial charge in [0.05, 0.1) is 41.3 Å². The molecule has 0 unspecified atom stereocenters. The summed E-state index contributed by atoms with van der Waals surface area (Å²) in [4.78, 5) is 30.4. The summed E-state index contributed by atoms with van der Waals surface area (Å²) < 4.78 is 33.4. The maximum absolute atomic E-state index is 13.6. The third-order valence-electron chi connectivity index (χ3n) is 7.39. The first-order valence-corrected chi connectivity index (χ1v) is 14.4. The molecule has 0 bridgehead atoms. The minimum Gasteiger partial charge on any atom is -0.393 e. The van der Waals surface area contributed by atoms with Crippen molar-refractivity contribution < 1.29 is 27.9 Å². The highest BCUT2D eigenvalue weighted by molar-refractivity contribution is 7.90. The quantitative estimate of drug-likeness (QED) is 0.543. The molecule has 6 rings (SSSR count). The molecule has 4 heterocycles. The lowest BCUT2D eigenvalue weighted by Crippen LogP contribution is -2.41. The zero-order chi connectivity index (χ0) is 26.4. The number of rotatable bonds is 3. The Bertz CT molecular complexity index is 1520. The number of ether oxygens (including phenoxy) is 1. The molecule has 0 saturated carbocycles. The van der Waals surface area contributed by atoms with E-state index in [2.05, 4.69) is 5.10 Å². The van der Waals surface area contributed by atoms with E-state index in [0.29, 0.717) is 80.3 Å². The summed E-state index contributed by atoms with van der Waals surface area (Å²) in [7, 11) is -3.68. The van der Waals surface area contributed by atoms with Gasteiger partial charge in [0, 0.05) is 42.9 Å². The van der Waals surface area contributed by atoms with Gasteiger partial charge in [0.2, 0.25) is 0 Å². The molecule has 2 aromatic carbocycles. The summed E-state index contributed by atoms with van der Waals surface area (Å²) in [5, 5.41) is 14.5. The predicted octanol–water partition coefficient (Wildman–Crippen LogP) is 1.90. The number of carbonyl (C=O) groups is 2. The summed E-state index contributed by atoms with van der Waals surface area (Å²) >= 11 is 0. The van der Waals surface area contributed by atoms with Crippen LogP contribution in [0.1, 0.15) is 39.3 Å². The summed E-state index contributed by atoms with van der Waals surface area (Å²) in [6.07, 6.45) is 0.687. The lowest BCUT2D eigenvalue weighted by Gasteiger charge is -2.29. The zero-order valence-electron chi connectivity index (χ0n) is 20.7. The molecule has 198 valence electrons. The summed E-state index contributed by atoms with van der Waals surface area (Å²) in [5.41, 5.74) is 2.49. The highest BCUT2D eigenvalue weighted by atomic mass is 32.2. The van der Waals surface area contributed by atoms with Gasteiger partial charge in [-0.05, 0) is 37.1 Å². The van der Waals surface area contributed by atoms with E-state index in [0.717, 1.165) is 0 Å². The van der Waals surface area contributed by atoms with Crippen molar-refractivity contribution in [2.24, 2.45) is 0 Å². The Hall–Kier alpha value is -3.54. The molecule has 0 spiro atoms. The van der Waals surface area contributed by atoms with Gasteiger partial charge < -0.3 is 19.6 Å². The van der Waals surface area contributed by atoms with Crippen molar-refractivity contribution >= 4 is 21.7 Å². The number of aliphatic hydroxyl groups excluding tert-OH is 1. The van der Waals surface area contributed by atoms with Crippen LogP contribution < -0.4 is 0 Å². The normalized spacial score (nSPS) is 19.1. The van der Waals surface area contributed by atoms with E-state index in [9.17, 15) is 23.1 Å². The number of likely N-dealkylation sites (tertiary alicyclic amines) is 1. The molecule has 1 aromatic heterocycles. The van der Waals surface area contributed by atoms with Crippen molar-refractivity contribution in [1.29, 1.82) is 0 Å². The summed E-state index contributed by atoms with van der Waals surface area (Å²) in [6, 6.07) is 13.7. The molecule has 3 aliphatic heterocycles. The smallest absolute Gasteiger partial charge is 0.274 e.